The van der Waals surface area contributed by atoms with Gasteiger partial charge < -0.3 is 28.4 Å². The molecule has 0 atom stereocenters. The summed E-state index contributed by atoms with van der Waals surface area (Å²) in [6.45, 7) is 4.99. The molecule has 0 spiro atoms. The lowest BCUT2D eigenvalue weighted by molar-refractivity contribution is 0.00180. The van der Waals surface area contributed by atoms with Gasteiger partial charge in [0.25, 0.3) is 0 Å². The van der Waals surface area contributed by atoms with E-state index in [1.165, 1.54) is 31.4 Å². The third kappa shape index (κ3) is 9.65. The summed E-state index contributed by atoms with van der Waals surface area (Å²) in [5.74, 6) is -0.211. The number of carbonyl (C=O) groups excluding carboxylic acids is 2. The Morgan fingerprint density at radius 3 is 1.96 bits per heavy atom. The van der Waals surface area contributed by atoms with Crippen LogP contribution in [0, 0.1) is 0 Å². The van der Waals surface area contributed by atoms with Gasteiger partial charge in [-0.25, -0.2) is 9.59 Å². The highest BCUT2D eigenvalue weighted by Crippen LogP contribution is 2.13. The zero-order valence-corrected chi connectivity index (χ0v) is 14.5. The van der Waals surface area contributed by atoms with Crippen LogP contribution in [0.5, 0.6) is 5.75 Å². The molecule has 0 saturated heterocycles. The molecule has 0 N–H and O–H groups in total. The molecule has 1 aromatic rings. The van der Waals surface area contributed by atoms with Gasteiger partial charge in [0.05, 0.1) is 45.7 Å². The van der Waals surface area contributed by atoms with Gasteiger partial charge in [-0.3, -0.25) is 0 Å². The molecule has 0 amide bonds. The van der Waals surface area contributed by atoms with Crippen molar-refractivity contribution < 1.29 is 38.0 Å². The summed E-state index contributed by atoms with van der Waals surface area (Å²) in [6, 6.07) is 5.94. The Bertz CT molecular complexity index is 500. The highest BCUT2D eigenvalue weighted by molar-refractivity contribution is 5.89. The van der Waals surface area contributed by atoms with E-state index in [0.717, 1.165) is 0 Å². The molecule has 140 valence electrons. The van der Waals surface area contributed by atoms with E-state index in [2.05, 4.69) is 4.74 Å². The lowest BCUT2D eigenvalue weighted by Crippen LogP contribution is -2.14. The molecular weight excluding hydrogens is 332 g/mol. The van der Waals surface area contributed by atoms with Crippen molar-refractivity contribution in [3.05, 3.63) is 29.8 Å². The summed E-state index contributed by atoms with van der Waals surface area (Å²) in [5.41, 5.74) is 0.344. The average molecular weight is 356 g/mol. The van der Waals surface area contributed by atoms with Crippen molar-refractivity contribution in [2.75, 3.05) is 53.4 Å². The monoisotopic (exact) mass is 356 g/mol. The third-order valence-corrected chi connectivity index (χ3v) is 2.87. The fourth-order valence-electron chi connectivity index (χ4n) is 1.66. The van der Waals surface area contributed by atoms with Gasteiger partial charge in [0.15, 0.2) is 0 Å². The Kier molecular flexibility index (Phi) is 11.0. The van der Waals surface area contributed by atoms with Gasteiger partial charge in [0, 0.05) is 6.61 Å². The molecule has 25 heavy (non-hydrogen) atoms. The first-order valence-corrected chi connectivity index (χ1v) is 7.93. The first-order valence-electron chi connectivity index (χ1n) is 7.93. The molecule has 0 heterocycles. The van der Waals surface area contributed by atoms with Crippen LogP contribution in [0.3, 0.4) is 0 Å². The van der Waals surface area contributed by atoms with E-state index in [4.69, 9.17) is 23.7 Å². The summed E-state index contributed by atoms with van der Waals surface area (Å²) >= 11 is 0. The van der Waals surface area contributed by atoms with Crippen molar-refractivity contribution in [2.24, 2.45) is 0 Å². The predicted molar refractivity (Wildman–Crippen MR) is 87.9 cm³/mol. The van der Waals surface area contributed by atoms with Gasteiger partial charge >= 0.3 is 12.1 Å². The van der Waals surface area contributed by atoms with Crippen LogP contribution < -0.4 is 4.74 Å². The summed E-state index contributed by atoms with van der Waals surface area (Å²) in [7, 11) is 1.21. The molecule has 0 fully saturated rings. The SMILES string of the molecule is CCOCCOCCOCCOC(=O)c1ccc(OC(=O)OC)cc1. The predicted octanol–water partition coefficient (Wildman–Crippen LogP) is 2.06. The normalized spacial score (nSPS) is 10.3. The fourth-order valence-corrected chi connectivity index (χ4v) is 1.66. The van der Waals surface area contributed by atoms with Crippen molar-refractivity contribution in [3.8, 4) is 5.75 Å². The van der Waals surface area contributed by atoms with Gasteiger partial charge in [-0.05, 0) is 31.2 Å². The Balaban J connectivity index is 2.11. The molecule has 0 aromatic heterocycles. The molecule has 8 nitrogen and oxygen atoms in total. The Labute approximate surface area is 146 Å². The van der Waals surface area contributed by atoms with Gasteiger partial charge in [-0.1, -0.05) is 0 Å². The maximum Gasteiger partial charge on any atom is 0.513 e. The fraction of sp³-hybridized carbons (Fsp3) is 0.529. The maximum absolute atomic E-state index is 11.8. The van der Waals surface area contributed by atoms with Crippen LogP contribution in [0.15, 0.2) is 24.3 Å². The minimum absolute atomic E-state index is 0.137. The van der Waals surface area contributed by atoms with E-state index in [1.807, 2.05) is 6.92 Å². The molecule has 0 bridgehead atoms. The molecule has 1 aromatic carbocycles. The van der Waals surface area contributed by atoms with Crippen LogP contribution in [0.2, 0.25) is 0 Å². The zero-order chi connectivity index (χ0) is 18.3. The van der Waals surface area contributed by atoms with Crippen LogP contribution >= 0.6 is 0 Å². The second-order valence-corrected chi connectivity index (χ2v) is 4.64. The lowest BCUT2D eigenvalue weighted by atomic mass is 10.2. The molecule has 0 aliphatic rings. The Morgan fingerprint density at radius 1 is 0.840 bits per heavy atom. The first-order chi connectivity index (χ1) is 12.2. The summed E-state index contributed by atoms with van der Waals surface area (Å²) in [6.07, 6.45) is -0.825. The third-order valence-electron chi connectivity index (χ3n) is 2.87. The van der Waals surface area contributed by atoms with Crippen molar-refractivity contribution in [1.82, 2.24) is 0 Å². The molecular formula is C17H24O8. The van der Waals surface area contributed by atoms with Crippen LogP contribution in [-0.4, -0.2) is 65.5 Å². The van der Waals surface area contributed by atoms with Gasteiger partial charge in [-0.15, -0.1) is 0 Å². The molecule has 0 unspecified atom stereocenters. The van der Waals surface area contributed by atoms with E-state index in [1.54, 1.807) is 0 Å². The number of carbonyl (C=O) groups is 2. The van der Waals surface area contributed by atoms with Crippen molar-refractivity contribution >= 4 is 12.1 Å². The van der Waals surface area contributed by atoms with E-state index < -0.39 is 12.1 Å². The summed E-state index contributed by atoms with van der Waals surface area (Å²) in [5, 5.41) is 0. The second-order valence-electron chi connectivity index (χ2n) is 4.64. The molecule has 0 aliphatic heterocycles. The minimum atomic E-state index is -0.825. The van der Waals surface area contributed by atoms with Crippen LogP contribution in [0.1, 0.15) is 17.3 Å². The summed E-state index contributed by atoms with van der Waals surface area (Å²) < 4.78 is 29.9. The Morgan fingerprint density at radius 2 is 1.40 bits per heavy atom. The number of methoxy groups -OCH3 is 1. The molecule has 1 rings (SSSR count). The number of hydrogen-bond acceptors (Lipinski definition) is 8. The van der Waals surface area contributed by atoms with E-state index in [-0.39, 0.29) is 19.0 Å². The number of benzene rings is 1. The molecule has 0 saturated carbocycles. The van der Waals surface area contributed by atoms with Gasteiger partial charge in [0.2, 0.25) is 0 Å². The van der Waals surface area contributed by atoms with Crippen LogP contribution in [0.25, 0.3) is 0 Å². The van der Waals surface area contributed by atoms with Crippen molar-refractivity contribution in [3.63, 3.8) is 0 Å². The first kappa shape index (κ1) is 20.9. The number of rotatable bonds is 12. The number of esters is 1. The van der Waals surface area contributed by atoms with E-state index >= 15 is 0 Å². The highest BCUT2D eigenvalue weighted by atomic mass is 16.7. The topological polar surface area (TPSA) is 89.5 Å². The molecule has 0 aliphatic carbocycles. The molecule has 8 heteroatoms. The van der Waals surface area contributed by atoms with Crippen LogP contribution in [-0.2, 0) is 23.7 Å². The van der Waals surface area contributed by atoms with Gasteiger partial charge in [0.1, 0.15) is 12.4 Å². The second kappa shape index (κ2) is 13.2. The smallest absolute Gasteiger partial charge is 0.460 e. The summed E-state index contributed by atoms with van der Waals surface area (Å²) in [4.78, 5) is 22.8. The highest BCUT2D eigenvalue weighted by Gasteiger charge is 2.09. The zero-order valence-electron chi connectivity index (χ0n) is 14.5. The lowest BCUT2D eigenvalue weighted by Gasteiger charge is -2.07. The largest absolute Gasteiger partial charge is 0.513 e. The van der Waals surface area contributed by atoms with E-state index in [0.29, 0.717) is 38.6 Å². The average Bonchev–Trinajstić information content (AvgIpc) is 2.63. The minimum Gasteiger partial charge on any atom is -0.460 e. The molecule has 0 radical (unpaired) electrons. The standard InChI is InChI=1S/C17H24O8/c1-3-21-8-9-22-10-11-23-12-13-24-16(18)14-4-6-15(7-5-14)25-17(19)20-2/h4-7H,3,8-13H2,1-2H3. The quantitative estimate of drug-likeness (QED) is 0.319. The maximum atomic E-state index is 11.8. The number of hydrogen-bond donors (Lipinski definition) is 0. The Hall–Kier alpha value is -2.16. The number of ether oxygens (including phenoxy) is 6. The van der Waals surface area contributed by atoms with Crippen molar-refractivity contribution in [1.29, 1.82) is 0 Å². The van der Waals surface area contributed by atoms with Crippen LogP contribution in [0.4, 0.5) is 4.79 Å². The van der Waals surface area contributed by atoms with Crippen molar-refractivity contribution in [2.45, 2.75) is 6.92 Å². The van der Waals surface area contributed by atoms with E-state index in [9.17, 15) is 9.59 Å². The van der Waals surface area contributed by atoms with Gasteiger partial charge in [-0.2, -0.15) is 0 Å².